The van der Waals surface area contributed by atoms with E-state index in [2.05, 4.69) is 101 Å². The molecule has 0 saturated heterocycles. The van der Waals surface area contributed by atoms with E-state index in [0.29, 0.717) is 0 Å². The Morgan fingerprint density at radius 1 is 1.13 bits per heavy atom. The fourth-order valence-electron chi connectivity index (χ4n) is 5.75. The molecule has 0 amide bonds. The topological polar surface area (TPSA) is 3.88 Å². The lowest BCUT2D eigenvalue weighted by Crippen LogP contribution is -2.55. The molecule has 1 aliphatic carbocycles. The molecule has 1 nitrogen and oxygen atoms in total. The van der Waals surface area contributed by atoms with Crippen LogP contribution in [0.4, 0.5) is 0 Å². The van der Waals surface area contributed by atoms with E-state index >= 15 is 0 Å². The Balaban J connectivity index is 1.98. The van der Waals surface area contributed by atoms with Crippen LogP contribution < -0.4 is 4.57 Å². The first-order chi connectivity index (χ1) is 14.3. The molecule has 4 rings (SSSR count). The molecular weight excluding hydrogens is 362 g/mol. The van der Waals surface area contributed by atoms with Gasteiger partial charge >= 0.3 is 0 Å². The second-order valence-corrected chi connectivity index (χ2v) is 10.0. The van der Waals surface area contributed by atoms with Gasteiger partial charge in [0, 0.05) is 24.5 Å². The monoisotopic (exact) mass is 398 g/mol. The first-order valence-electron chi connectivity index (χ1n) is 11.5. The Labute approximate surface area is 182 Å². The second-order valence-electron chi connectivity index (χ2n) is 10.0. The highest BCUT2D eigenvalue weighted by molar-refractivity contribution is 5.80. The van der Waals surface area contributed by atoms with Crippen LogP contribution in [0.1, 0.15) is 77.5 Å². The van der Waals surface area contributed by atoms with E-state index in [-0.39, 0.29) is 16.4 Å². The number of hydrogen-bond acceptors (Lipinski definition) is 0. The SMILES string of the molecule is C=C/C(=C\C=C/C)c1ccc2c(c1)-c1ccc(C(C)(C)C)c[n+]1C1(CC)CC21CC. The summed E-state index contributed by atoms with van der Waals surface area (Å²) in [4.78, 5) is 0. The summed E-state index contributed by atoms with van der Waals surface area (Å²) in [5.74, 6) is 0. The third-order valence-corrected chi connectivity index (χ3v) is 7.66. The van der Waals surface area contributed by atoms with Crippen LogP contribution in [-0.4, -0.2) is 0 Å². The van der Waals surface area contributed by atoms with Crippen molar-refractivity contribution in [3.63, 3.8) is 0 Å². The standard InChI is InChI=1S/C29H36N/c1-8-12-13-21(9-2)22-14-16-25-24(18-22)26-17-15-23(27(5,6)7)19-30(26)29(11-4)20-28(25,29)10-3/h8-9,12-19H,2,10-11,20H2,1,3-7H3/q+1/b12-8-,21-13+. The molecule has 0 spiro atoms. The maximum absolute atomic E-state index is 4.06. The summed E-state index contributed by atoms with van der Waals surface area (Å²) in [6.45, 7) is 17.8. The molecule has 156 valence electrons. The van der Waals surface area contributed by atoms with Gasteiger partial charge in [-0.05, 0) is 47.6 Å². The van der Waals surface area contributed by atoms with Gasteiger partial charge < -0.3 is 0 Å². The van der Waals surface area contributed by atoms with Crippen molar-refractivity contribution in [1.29, 1.82) is 0 Å². The average molecular weight is 399 g/mol. The van der Waals surface area contributed by atoms with Crippen molar-refractivity contribution in [3.05, 3.63) is 84.1 Å². The molecule has 2 aliphatic rings. The van der Waals surface area contributed by atoms with E-state index in [1.165, 1.54) is 52.8 Å². The molecule has 0 N–H and O–H groups in total. The van der Waals surface area contributed by atoms with Crippen LogP contribution in [0.2, 0.25) is 0 Å². The molecular formula is C29H36N+. The summed E-state index contributed by atoms with van der Waals surface area (Å²) in [5.41, 5.74) is 8.73. The lowest BCUT2D eigenvalue weighted by Gasteiger charge is -2.30. The zero-order valence-electron chi connectivity index (χ0n) is 19.5. The van der Waals surface area contributed by atoms with Gasteiger partial charge in [0.2, 0.25) is 5.69 Å². The number of aromatic nitrogens is 1. The van der Waals surface area contributed by atoms with Crippen LogP contribution in [0.15, 0.2) is 67.4 Å². The van der Waals surface area contributed by atoms with Gasteiger partial charge in [-0.15, -0.1) is 0 Å². The van der Waals surface area contributed by atoms with E-state index in [1.54, 1.807) is 0 Å². The fourth-order valence-corrected chi connectivity index (χ4v) is 5.75. The normalized spacial score (nSPS) is 24.9. The molecule has 1 heteroatoms. The molecule has 0 bridgehead atoms. The van der Waals surface area contributed by atoms with Crippen molar-refractivity contribution < 1.29 is 4.57 Å². The average Bonchev–Trinajstić information content (AvgIpc) is 3.45. The van der Waals surface area contributed by atoms with Crippen LogP contribution in [0.3, 0.4) is 0 Å². The molecule has 2 aromatic rings. The zero-order chi connectivity index (χ0) is 21.7. The Morgan fingerprint density at radius 3 is 2.50 bits per heavy atom. The van der Waals surface area contributed by atoms with E-state index < -0.39 is 0 Å². The first-order valence-corrected chi connectivity index (χ1v) is 11.5. The summed E-state index contributed by atoms with van der Waals surface area (Å²) < 4.78 is 2.65. The minimum atomic E-state index is 0.147. The summed E-state index contributed by atoms with van der Waals surface area (Å²) >= 11 is 0. The van der Waals surface area contributed by atoms with Crippen molar-refractivity contribution in [1.82, 2.24) is 0 Å². The molecule has 1 aliphatic heterocycles. The summed E-state index contributed by atoms with van der Waals surface area (Å²) in [5, 5.41) is 0. The van der Waals surface area contributed by atoms with E-state index in [0.717, 1.165) is 0 Å². The highest BCUT2D eigenvalue weighted by atomic mass is 15.2. The molecule has 1 aromatic heterocycles. The Hall–Kier alpha value is -2.41. The van der Waals surface area contributed by atoms with Crippen molar-refractivity contribution in [2.75, 3.05) is 0 Å². The van der Waals surface area contributed by atoms with Gasteiger partial charge in [0.15, 0.2) is 11.7 Å². The largest absolute Gasteiger partial charge is 0.213 e. The number of fused-ring (bicyclic) bond motifs is 6. The maximum Gasteiger partial charge on any atom is 0.213 e. The minimum absolute atomic E-state index is 0.147. The third-order valence-electron chi connectivity index (χ3n) is 7.66. The van der Waals surface area contributed by atoms with E-state index in [1.807, 2.05) is 13.0 Å². The Kier molecular flexibility index (Phi) is 4.92. The molecule has 2 atom stereocenters. The van der Waals surface area contributed by atoms with Crippen molar-refractivity contribution in [2.24, 2.45) is 0 Å². The highest BCUT2D eigenvalue weighted by Gasteiger charge is 2.76. The molecule has 30 heavy (non-hydrogen) atoms. The van der Waals surface area contributed by atoms with Gasteiger partial charge in [-0.25, -0.2) is 0 Å². The lowest BCUT2D eigenvalue weighted by atomic mass is 9.78. The van der Waals surface area contributed by atoms with Crippen molar-refractivity contribution in [2.45, 2.75) is 77.2 Å². The maximum atomic E-state index is 4.06. The van der Waals surface area contributed by atoms with E-state index in [9.17, 15) is 0 Å². The molecule has 1 saturated carbocycles. The van der Waals surface area contributed by atoms with Gasteiger partial charge in [0.25, 0.3) is 0 Å². The summed E-state index contributed by atoms with van der Waals surface area (Å²) in [7, 11) is 0. The Bertz CT molecular complexity index is 1060. The quantitative estimate of drug-likeness (QED) is 0.369. The highest BCUT2D eigenvalue weighted by Crippen LogP contribution is 2.67. The Morgan fingerprint density at radius 2 is 1.90 bits per heavy atom. The molecule has 1 aromatic carbocycles. The van der Waals surface area contributed by atoms with Crippen LogP contribution in [0.5, 0.6) is 0 Å². The number of allylic oxidation sites excluding steroid dienone is 5. The van der Waals surface area contributed by atoms with Crippen LogP contribution in [0, 0.1) is 0 Å². The van der Waals surface area contributed by atoms with Gasteiger partial charge in [-0.1, -0.05) is 77.6 Å². The smallest absolute Gasteiger partial charge is 0.192 e. The first kappa shape index (κ1) is 20.8. The summed E-state index contributed by atoms with van der Waals surface area (Å²) in [6.07, 6.45) is 14.3. The predicted octanol–water partition coefficient (Wildman–Crippen LogP) is 7.25. The van der Waals surface area contributed by atoms with Gasteiger partial charge in [-0.3, -0.25) is 0 Å². The van der Waals surface area contributed by atoms with Crippen LogP contribution in [0.25, 0.3) is 16.8 Å². The lowest BCUT2D eigenvalue weighted by molar-refractivity contribution is -0.736. The third kappa shape index (κ3) is 2.78. The van der Waals surface area contributed by atoms with Crippen LogP contribution in [-0.2, 0) is 16.4 Å². The minimum Gasteiger partial charge on any atom is -0.192 e. The van der Waals surface area contributed by atoms with Gasteiger partial charge in [0.05, 0.1) is 11.0 Å². The zero-order valence-corrected chi connectivity index (χ0v) is 19.5. The number of hydrogen-bond donors (Lipinski definition) is 0. The summed E-state index contributed by atoms with van der Waals surface area (Å²) in [6, 6.07) is 11.8. The number of benzene rings is 1. The van der Waals surface area contributed by atoms with Crippen molar-refractivity contribution >= 4 is 5.57 Å². The fraction of sp³-hybridized carbons (Fsp3) is 0.414. The van der Waals surface area contributed by atoms with Crippen molar-refractivity contribution in [3.8, 4) is 11.3 Å². The number of nitrogens with zero attached hydrogens (tertiary/aromatic N) is 1. The molecule has 2 unspecified atom stereocenters. The molecule has 1 fully saturated rings. The predicted molar refractivity (Wildman–Crippen MR) is 129 cm³/mol. The number of rotatable bonds is 5. The number of pyridine rings is 1. The van der Waals surface area contributed by atoms with Gasteiger partial charge in [0.1, 0.15) is 0 Å². The second kappa shape index (κ2) is 7.08. The molecule has 0 radical (unpaired) electrons. The van der Waals surface area contributed by atoms with Gasteiger partial charge in [-0.2, -0.15) is 4.57 Å². The molecule has 2 heterocycles. The van der Waals surface area contributed by atoms with E-state index in [4.69, 9.17) is 0 Å². The van der Waals surface area contributed by atoms with Crippen LogP contribution >= 0.6 is 0 Å².